The Hall–Kier alpha value is -0.780. The lowest BCUT2D eigenvalue weighted by Crippen LogP contribution is -2.25. The van der Waals surface area contributed by atoms with E-state index >= 15 is 0 Å². The van der Waals surface area contributed by atoms with Crippen LogP contribution in [-0.2, 0) is 6.42 Å². The second kappa shape index (κ2) is 11.3. The van der Waals surface area contributed by atoms with Gasteiger partial charge in [0.15, 0.2) is 0 Å². The van der Waals surface area contributed by atoms with Gasteiger partial charge in [0.25, 0.3) is 0 Å². The van der Waals surface area contributed by atoms with E-state index in [-0.39, 0.29) is 0 Å². The molecule has 0 radical (unpaired) electrons. The summed E-state index contributed by atoms with van der Waals surface area (Å²) >= 11 is 0. The molecule has 0 spiro atoms. The summed E-state index contributed by atoms with van der Waals surface area (Å²) in [6.07, 6.45) is 21.8. The molecule has 0 nitrogen and oxygen atoms in total. The molecule has 2 saturated carbocycles. The molecule has 3 rings (SSSR count). The first-order valence-corrected chi connectivity index (χ1v) is 12.4. The van der Waals surface area contributed by atoms with Crippen LogP contribution in [0.5, 0.6) is 0 Å². The third-order valence-corrected chi connectivity index (χ3v) is 7.79. The molecule has 0 atom stereocenters. The fraction of sp³-hybridized carbons (Fsp3) is 0.778. The van der Waals surface area contributed by atoms with Crippen LogP contribution in [-0.4, -0.2) is 0 Å². The van der Waals surface area contributed by atoms with Crippen molar-refractivity contribution in [2.75, 3.05) is 0 Å². The average Bonchev–Trinajstić information content (AvgIpc) is 2.73. The zero-order valence-corrected chi connectivity index (χ0v) is 18.2. The van der Waals surface area contributed by atoms with Crippen LogP contribution in [0.3, 0.4) is 0 Å². The number of unbranched alkanes of at least 4 members (excludes halogenated alkanes) is 3. The van der Waals surface area contributed by atoms with Gasteiger partial charge in [-0.1, -0.05) is 89.5 Å². The highest BCUT2D eigenvalue weighted by Gasteiger charge is 2.31. The normalized spacial score (nSPS) is 29.0. The quantitative estimate of drug-likeness (QED) is 0.382. The lowest BCUT2D eigenvalue weighted by molar-refractivity contribution is 0.155. The molecular weight excluding hydrogens is 324 g/mol. The molecular formula is C27H44. The Balaban J connectivity index is 1.37. The van der Waals surface area contributed by atoms with Gasteiger partial charge in [-0.15, -0.1) is 0 Å². The van der Waals surface area contributed by atoms with Gasteiger partial charge in [-0.3, -0.25) is 0 Å². The monoisotopic (exact) mass is 368 g/mol. The Kier molecular flexibility index (Phi) is 8.75. The van der Waals surface area contributed by atoms with Gasteiger partial charge in [0.1, 0.15) is 0 Å². The molecule has 2 aliphatic carbocycles. The van der Waals surface area contributed by atoms with Crippen molar-refractivity contribution in [1.82, 2.24) is 0 Å². The van der Waals surface area contributed by atoms with Crippen LogP contribution in [0.15, 0.2) is 24.3 Å². The summed E-state index contributed by atoms with van der Waals surface area (Å²) in [6, 6.07) is 9.62. The van der Waals surface area contributed by atoms with Crippen LogP contribution in [0.1, 0.15) is 121 Å². The molecule has 2 fully saturated rings. The van der Waals surface area contributed by atoms with Gasteiger partial charge in [0.05, 0.1) is 0 Å². The smallest absolute Gasteiger partial charge is 0.0162 e. The molecule has 0 saturated heterocycles. The van der Waals surface area contributed by atoms with Crippen molar-refractivity contribution in [2.24, 2.45) is 17.8 Å². The van der Waals surface area contributed by atoms with Gasteiger partial charge in [-0.05, 0) is 79.7 Å². The van der Waals surface area contributed by atoms with Crippen molar-refractivity contribution >= 4 is 0 Å². The van der Waals surface area contributed by atoms with Crippen LogP contribution >= 0.6 is 0 Å². The number of benzene rings is 1. The topological polar surface area (TPSA) is 0 Å². The second-order valence-corrected chi connectivity index (χ2v) is 9.73. The molecule has 27 heavy (non-hydrogen) atoms. The summed E-state index contributed by atoms with van der Waals surface area (Å²) in [5.74, 6) is 4.01. The largest absolute Gasteiger partial charge is 0.0654 e. The predicted molar refractivity (Wildman–Crippen MR) is 119 cm³/mol. The van der Waals surface area contributed by atoms with E-state index < -0.39 is 0 Å². The van der Waals surface area contributed by atoms with Crippen LogP contribution in [0.4, 0.5) is 0 Å². The van der Waals surface area contributed by atoms with Gasteiger partial charge < -0.3 is 0 Å². The van der Waals surface area contributed by atoms with Crippen LogP contribution in [0.25, 0.3) is 0 Å². The fourth-order valence-electron chi connectivity index (χ4n) is 5.98. The van der Waals surface area contributed by atoms with Crippen molar-refractivity contribution in [3.8, 4) is 0 Å². The predicted octanol–water partition coefficient (Wildman–Crippen LogP) is 8.69. The first-order chi connectivity index (χ1) is 13.3. The van der Waals surface area contributed by atoms with Crippen molar-refractivity contribution in [2.45, 2.75) is 116 Å². The highest BCUT2D eigenvalue weighted by atomic mass is 14.4. The van der Waals surface area contributed by atoms with Crippen LogP contribution in [0, 0.1) is 17.8 Å². The van der Waals surface area contributed by atoms with Crippen LogP contribution in [0.2, 0.25) is 0 Å². The Labute approximate surface area is 169 Å². The molecule has 1 aromatic carbocycles. The molecule has 152 valence electrons. The molecule has 0 N–H and O–H groups in total. The third-order valence-electron chi connectivity index (χ3n) is 7.79. The minimum absolute atomic E-state index is 0.840. The zero-order chi connectivity index (χ0) is 18.9. The molecule has 0 heteroatoms. The summed E-state index contributed by atoms with van der Waals surface area (Å²) < 4.78 is 0. The molecule has 2 aliphatic rings. The zero-order valence-electron chi connectivity index (χ0n) is 18.2. The van der Waals surface area contributed by atoms with Gasteiger partial charge in [0.2, 0.25) is 0 Å². The Morgan fingerprint density at radius 3 is 1.89 bits per heavy atom. The lowest BCUT2D eigenvalue weighted by Gasteiger charge is -2.38. The van der Waals surface area contributed by atoms with E-state index in [1.807, 2.05) is 0 Å². The first-order valence-electron chi connectivity index (χ1n) is 12.4. The van der Waals surface area contributed by atoms with Gasteiger partial charge in [0, 0.05) is 0 Å². The lowest BCUT2D eigenvalue weighted by atomic mass is 9.68. The molecule has 0 bridgehead atoms. The number of rotatable bonds is 9. The molecule has 0 heterocycles. The highest BCUT2D eigenvalue weighted by Crippen LogP contribution is 2.44. The van der Waals surface area contributed by atoms with Crippen molar-refractivity contribution in [3.63, 3.8) is 0 Å². The second-order valence-electron chi connectivity index (χ2n) is 9.73. The maximum Gasteiger partial charge on any atom is -0.0162 e. The highest BCUT2D eigenvalue weighted by molar-refractivity contribution is 5.26. The maximum atomic E-state index is 2.43. The van der Waals surface area contributed by atoms with Crippen molar-refractivity contribution in [1.29, 1.82) is 0 Å². The molecule has 0 amide bonds. The third kappa shape index (κ3) is 6.37. The van der Waals surface area contributed by atoms with Crippen LogP contribution < -0.4 is 0 Å². The molecule has 0 aromatic heterocycles. The Bertz CT molecular complexity index is 497. The Morgan fingerprint density at radius 1 is 0.667 bits per heavy atom. The standard InChI is InChI=1S/C27H44/c1-3-5-6-7-9-23-12-16-25(17-13-23)27-20-18-26(19-21-27)24-14-10-22(8-4-2)11-15-24/h10-11,14-15,23,25-27H,3-9,12-13,16-21H2,1-2H3. The first kappa shape index (κ1) is 20.9. The maximum absolute atomic E-state index is 2.43. The molecule has 0 aliphatic heterocycles. The van der Waals surface area contributed by atoms with Gasteiger partial charge >= 0.3 is 0 Å². The fourth-order valence-corrected chi connectivity index (χ4v) is 5.98. The van der Waals surface area contributed by atoms with E-state index in [2.05, 4.69) is 38.1 Å². The summed E-state index contributed by atoms with van der Waals surface area (Å²) in [7, 11) is 0. The van der Waals surface area contributed by atoms with E-state index in [0.717, 1.165) is 23.7 Å². The van der Waals surface area contributed by atoms with E-state index in [4.69, 9.17) is 0 Å². The van der Waals surface area contributed by atoms with E-state index in [0.29, 0.717) is 0 Å². The molecule has 1 aromatic rings. The average molecular weight is 369 g/mol. The molecule has 0 unspecified atom stereocenters. The van der Waals surface area contributed by atoms with E-state index in [1.54, 1.807) is 18.4 Å². The summed E-state index contributed by atoms with van der Waals surface area (Å²) in [6.45, 7) is 4.59. The van der Waals surface area contributed by atoms with E-state index in [9.17, 15) is 0 Å². The summed E-state index contributed by atoms with van der Waals surface area (Å²) in [5, 5.41) is 0. The van der Waals surface area contributed by atoms with Gasteiger partial charge in [-0.2, -0.15) is 0 Å². The minimum atomic E-state index is 0.840. The number of hydrogen-bond acceptors (Lipinski definition) is 0. The Morgan fingerprint density at radius 2 is 1.30 bits per heavy atom. The number of hydrogen-bond donors (Lipinski definition) is 0. The van der Waals surface area contributed by atoms with E-state index in [1.165, 1.54) is 89.0 Å². The summed E-state index contributed by atoms with van der Waals surface area (Å²) in [4.78, 5) is 0. The number of aryl methyl sites for hydroxylation is 1. The van der Waals surface area contributed by atoms with Crippen molar-refractivity contribution < 1.29 is 0 Å². The van der Waals surface area contributed by atoms with Gasteiger partial charge in [-0.25, -0.2) is 0 Å². The summed E-state index contributed by atoms with van der Waals surface area (Å²) in [5.41, 5.74) is 3.13. The van der Waals surface area contributed by atoms with Crippen molar-refractivity contribution in [3.05, 3.63) is 35.4 Å². The minimum Gasteiger partial charge on any atom is -0.0654 e. The SMILES string of the molecule is CCCCCCC1CCC(C2CCC(c3ccc(CCC)cc3)CC2)CC1.